The molecule has 1 aromatic heterocycles. The van der Waals surface area contributed by atoms with Gasteiger partial charge < -0.3 is 0 Å². The van der Waals surface area contributed by atoms with Crippen LogP contribution in [0.5, 0.6) is 0 Å². The Morgan fingerprint density at radius 1 is 0.794 bits per heavy atom. The third-order valence-corrected chi connectivity index (χ3v) is 6.30. The largest absolute Gasteiger partial charge is 0.241 e. The molecule has 174 valence electrons. The minimum absolute atomic E-state index is 0.0973. The molecule has 0 atom stereocenters. The van der Waals surface area contributed by atoms with Gasteiger partial charge in [-0.05, 0) is 78.8 Å². The molecule has 0 fully saturated rings. The highest BCUT2D eigenvalue weighted by molar-refractivity contribution is 6.30. The normalized spacial score (nSPS) is 11.5. The van der Waals surface area contributed by atoms with E-state index in [0.717, 1.165) is 53.6 Å². The second-order valence-electron chi connectivity index (χ2n) is 8.46. The molecular formula is C29H27ClF2N2. The summed E-state index contributed by atoms with van der Waals surface area (Å²) in [6.45, 7) is 2.02. The van der Waals surface area contributed by atoms with Gasteiger partial charge >= 0.3 is 0 Å². The predicted molar refractivity (Wildman–Crippen MR) is 135 cm³/mol. The Morgan fingerprint density at radius 3 is 2.29 bits per heavy atom. The van der Waals surface area contributed by atoms with E-state index >= 15 is 4.39 Å². The Bertz CT molecular complexity index is 1300. The summed E-state index contributed by atoms with van der Waals surface area (Å²) < 4.78 is 28.8. The van der Waals surface area contributed by atoms with Gasteiger partial charge in [0.25, 0.3) is 0 Å². The molecule has 5 heteroatoms. The van der Waals surface area contributed by atoms with Crippen molar-refractivity contribution in [1.82, 2.24) is 9.97 Å². The van der Waals surface area contributed by atoms with Crippen LogP contribution in [-0.2, 0) is 32.1 Å². The van der Waals surface area contributed by atoms with Crippen LogP contribution in [0.15, 0.2) is 73.1 Å². The van der Waals surface area contributed by atoms with Crippen molar-refractivity contribution in [2.45, 2.75) is 45.4 Å². The highest BCUT2D eigenvalue weighted by Gasteiger charge is 2.10. The summed E-state index contributed by atoms with van der Waals surface area (Å²) in [5, 5.41) is 1.57. The molecule has 4 aromatic rings. The molecule has 0 aliphatic carbocycles. The minimum Gasteiger partial charge on any atom is -0.241 e. The Hall–Kier alpha value is -3.11. The van der Waals surface area contributed by atoms with E-state index in [4.69, 9.17) is 11.6 Å². The number of rotatable bonds is 9. The lowest BCUT2D eigenvalue weighted by Gasteiger charge is -2.09. The molecule has 0 spiro atoms. The Morgan fingerprint density at radius 2 is 1.53 bits per heavy atom. The van der Waals surface area contributed by atoms with Crippen LogP contribution in [0.4, 0.5) is 8.78 Å². The van der Waals surface area contributed by atoms with Crippen molar-refractivity contribution in [3.05, 3.63) is 118 Å². The summed E-state index contributed by atoms with van der Waals surface area (Å²) in [4.78, 5) is 8.98. The zero-order valence-electron chi connectivity index (χ0n) is 19.2. The van der Waals surface area contributed by atoms with Gasteiger partial charge in [-0.2, -0.15) is 0 Å². The third-order valence-electron chi connectivity index (χ3n) is 6.00. The molecule has 0 N–H and O–H groups in total. The molecule has 0 saturated heterocycles. The van der Waals surface area contributed by atoms with Gasteiger partial charge in [-0.15, -0.1) is 0 Å². The van der Waals surface area contributed by atoms with Crippen LogP contribution in [0.2, 0.25) is 5.02 Å². The molecule has 2 nitrogen and oxygen atoms in total. The first-order valence-corrected chi connectivity index (χ1v) is 12.0. The van der Waals surface area contributed by atoms with Crippen LogP contribution in [0.3, 0.4) is 0 Å². The summed E-state index contributed by atoms with van der Waals surface area (Å²) in [7, 11) is 0. The number of halogens is 3. The lowest BCUT2D eigenvalue weighted by Crippen LogP contribution is -2.00. The molecule has 0 amide bonds. The van der Waals surface area contributed by atoms with Crippen molar-refractivity contribution in [1.29, 1.82) is 0 Å². The van der Waals surface area contributed by atoms with Gasteiger partial charge in [-0.1, -0.05) is 60.2 Å². The van der Waals surface area contributed by atoms with Crippen molar-refractivity contribution in [2.24, 2.45) is 0 Å². The fourth-order valence-corrected chi connectivity index (χ4v) is 4.14. The van der Waals surface area contributed by atoms with Gasteiger partial charge in [0.05, 0.1) is 5.02 Å². The number of hydrogen-bond donors (Lipinski definition) is 0. The van der Waals surface area contributed by atoms with Crippen molar-refractivity contribution in [3.63, 3.8) is 0 Å². The van der Waals surface area contributed by atoms with Gasteiger partial charge in [0.2, 0.25) is 0 Å². The highest BCUT2D eigenvalue weighted by Crippen LogP contribution is 2.25. The topological polar surface area (TPSA) is 25.8 Å². The second-order valence-corrected chi connectivity index (χ2v) is 8.87. The fourth-order valence-electron chi connectivity index (χ4n) is 4.02. The fraction of sp³-hybridized carbons (Fsp3) is 0.241. The molecule has 34 heavy (non-hydrogen) atoms. The summed E-state index contributed by atoms with van der Waals surface area (Å²) in [5.74, 6) is 0.154. The van der Waals surface area contributed by atoms with Crippen LogP contribution in [0, 0.1) is 11.6 Å². The van der Waals surface area contributed by atoms with E-state index in [0.29, 0.717) is 23.8 Å². The van der Waals surface area contributed by atoms with E-state index in [1.54, 1.807) is 6.07 Å². The number of benzene rings is 3. The average molecular weight is 477 g/mol. The van der Waals surface area contributed by atoms with Gasteiger partial charge in [0.15, 0.2) is 0 Å². The molecule has 3 aromatic carbocycles. The molecule has 0 aliphatic heterocycles. The van der Waals surface area contributed by atoms with Crippen molar-refractivity contribution >= 4 is 22.4 Å². The van der Waals surface area contributed by atoms with E-state index in [1.807, 2.05) is 49.6 Å². The molecule has 0 unspecified atom stereocenters. The van der Waals surface area contributed by atoms with Crippen LogP contribution >= 0.6 is 11.6 Å². The summed E-state index contributed by atoms with van der Waals surface area (Å²) in [6.07, 6.45) is 12.5. The number of nitrogens with zero attached hydrogens (tertiary/aromatic N) is 2. The molecule has 1 heterocycles. The Balaban J connectivity index is 1.39. The Labute approximate surface area is 204 Å². The summed E-state index contributed by atoms with van der Waals surface area (Å²) in [5.41, 5.74) is 3.68. The molecule has 0 saturated carbocycles. The maximum atomic E-state index is 15.1. The zero-order valence-corrected chi connectivity index (χ0v) is 20.0. The summed E-state index contributed by atoms with van der Waals surface area (Å²) in [6, 6.07) is 14.3. The van der Waals surface area contributed by atoms with E-state index in [9.17, 15) is 4.39 Å². The van der Waals surface area contributed by atoms with Gasteiger partial charge in [-0.3, -0.25) is 0 Å². The Kier molecular flexibility index (Phi) is 8.02. The first-order chi connectivity index (χ1) is 16.5. The van der Waals surface area contributed by atoms with Crippen LogP contribution < -0.4 is 0 Å². The lowest BCUT2D eigenvalue weighted by atomic mass is 9.98. The number of allylic oxidation sites excluding steroid dienone is 2. The zero-order chi connectivity index (χ0) is 23.9. The van der Waals surface area contributed by atoms with E-state index in [1.165, 1.54) is 12.1 Å². The van der Waals surface area contributed by atoms with Gasteiger partial charge in [0.1, 0.15) is 17.5 Å². The van der Waals surface area contributed by atoms with E-state index < -0.39 is 5.82 Å². The van der Waals surface area contributed by atoms with Gasteiger partial charge in [0, 0.05) is 24.2 Å². The molecule has 4 rings (SSSR count). The average Bonchev–Trinajstić information content (AvgIpc) is 2.85. The molecular weight excluding hydrogens is 450 g/mol. The maximum Gasteiger partial charge on any atom is 0.142 e. The summed E-state index contributed by atoms with van der Waals surface area (Å²) >= 11 is 5.74. The van der Waals surface area contributed by atoms with Crippen LogP contribution in [0.1, 0.15) is 41.4 Å². The molecule has 0 radical (unpaired) electrons. The second kappa shape index (κ2) is 11.3. The van der Waals surface area contributed by atoms with E-state index in [-0.39, 0.29) is 10.8 Å². The van der Waals surface area contributed by atoms with Crippen LogP contribution in [0.25, 0.3) is 10.8 Å². The minimum atomic E-state index is -0.448. The third kappa shape index (κ3) is 6.06. The van der Waals surface area contributed by atoms with Gasteiger partial charge in [-0.25, -0.2) is 18.7 Å². The predicted octanol–water partition coefficient (Wildman–Crippen LogP) is 7.64. The number of aryl methyl sites for hydroxylation is 5. The van der Waals surface area contributed by atoms with Crippen LogP contribution in [-0.4, -0.2) is 9.97 Å². The number of hydrogen-bond acceptors (Lipinski definition) is 2. The number of fused-ring (bicyclic) bond motifs is 1. The van der Waals surface area contributed by atoms with Crippen molar-refractivity contribution < 1.29 is 8.78 Å². The van der Waals surface area contributed by atoms with E-state index in [2.05, 4.69) is 22.1 Å². The SMILES string of the molecule is C/C=C/CCc1cnc(CCc2ccc3c(F)c(CCc4ccc(Cl)c(F)c4)ccc3c2)nc1. The number of aromatic nitrogens is 2. The first kappa shape index (κ1) is 24.0. The smallest absolute Gasteiger partial charge is 0.142 e. The monoisotopic (exact) mass is 476 g/mol. The first-order valence-electron chi connectivity index (χ1n) is 11.6. The molecule has 0 bridgehead atoms. The standard InChI is InChI=1S/C29H27ClF2N2/c1-2-3-4-5-22-18-33-28(34-19-22)15-9-20-7-13-25-24(16-20)12-11-23(29(25)32)10-6-21-8-14-26(30)27(31)17-21/h2-3,7-8,11-14,16-19H,4-6,9-10,15H2,1H3/b3-2+. The highest BCUT2D eigenvalue weighted by atomic mass is 35.5. The molecule has 0 aliphatic rings. The maximum absolute atomic E-state index is 15.1. The van der Waals surface area contributed by atoms with Crippen molar-refractivity contribution in [3.8, 4) is 0 Å². The lowest BCUT2D eigenvalue weighted by molar-refractivity contribution is 0.617. The quantitative estimate of drug-likeness (QED) is 0.232. The van der Waals surface area contributed by atoms with Crippen molar-refractivity contribution in [2.75, 3.05) is 0 Å².